The molecule has 1 aromatic rings. The molecule has 0 radical (unpaired) electrons. The highest BCUT2D eigenvalue weighted by molar-refractivity contribution is 5.20. The third kappa shape index (κ3) is 4.77. The maximum atomic E-state index is 13.0. The van der Waals surface area contributed by atoms with Gasteiger partial charge < -0.3 is 10.0 Å². The third-order valence-electron chi connectivity index (χ3n) is 4.54. The first-order valence-electron chi connectivity index (χ1n) is 7.89. The van der Waals surface area contributed by atoms with E-state index in [4.69, 9.17) is 0 Å². The van der Waals surface area contributed by atoms with Crippen LogP contribution in [-0.4, -0.2) is 60.8 Å². The minimum atomic E-state index is -0.187. The third-order valence-corrected chi connectivity index (χ3v) is 4.54. The van der Waals surface area contributed by atoms with Gasteiger partial charge in [-0.3, -0.25) is 4.90 Å². The highest BCUT2D eigenvalue weighted by Crippen LogP contribution is 2.21. The minimum absolute atomic E-state index is 0.187. The van der Waals surface area contributed by atoms with Crippen LogP contribution in [0.2, 0.25) is 0 Å². The molecule has 118 valence electrons. The van der Waals surface area contributed by atoms with Gasteiger partial charge in [0.05, 0.1) is 6.61 Å². The lowest BCUT2D eigenvalue weighted by atomic mass is 9.97. The second kappa shape index (κ2) is 7.87. The van der Waals surface area contributed by atoms with Gasteiger partial charge in [-0.2, -0.15) is 0 Å². The van der Waals surface area contributed by atoms with Gasteiger partial charge in [0.25, 0.3) is 0 Å². The van der Waals surface area contributed by atoms with Crippen LogP contribution in [0.5, 0.6) is 0 Å². The van der Waals surface area contributed by atoms with Crippen LogP contribution in [0.15, 0.2) is 24.3 Å². The van der Waals surface area contributed by atoms with Crippen molar-refractivity contribution < 1.29 is 9.50 Å². The fourth-order valence-corrected chi connectivity index (χ4v) is 3.16. The van der Waals surface area contributed by atoms with E-state index in [9.17, 15) is 9.50 Å². The van der Waals surface area contributed by atoms with Crippen LogP contribution in [0.4, 0.5) is 4.39 Å². The van der Waals surface area contributed by atoms with Crippen LogP contribution in [0.1, 0.15) is 31.2 Å². The second-order valence-electron chi connectivity index (χ2n) is 6.21. The van der Waals surface area contributed by atoms with Gasteiger partial charge in [0.2, 0.25) is 0 Å². The molecule has 2 rings (SSSR count). The van der Waals surface area contributed by atoms with Crippen molar-refractivity contribution in [2.75, 3.05) is 39.8 Å². The van der Waals surface area contributed by atoms with Gasteiger partial charge in [-0.15, -0.1) is 0 Å². The highest BCUT2D eigenvalue weighted by atomic mass is 19.1. The zero-order valence-corrected chi connectivity index (χ0v) is 13.1. The number of hydrogen-bond acceptors (Lipinski definition) is 3. The Morgan fingerprint density at radius 1 is 1.29 bits per heavy atom. The lowest BCUT2D eigenvalue weighted by molar-refractivity contribution is 0.0957. The van der Waals surface area contributed by atoms with Crippen molar-refractivity contribution in [1.82, 2.24) is 9.80 Å². The SMILES string of the molecule is C[C@@H](CN(CCO)C1CCN(C)CC1)c1ccc(F)cc1. The van der Waals surface area contributed by atoms with Crippen LogP contribution in [0.25, 0.3) is 0 Å². The summed E-state index contributed by atoms with van der Waals surface area (Å²) in [5.74, 6) is 0.158. The molecule has 1 saturated heterocycles. The van der Waals surface area contributed by atoms with E-state index in [0.29, 0.717) is 12.0 Å². The largest absolute Gasteiger partial charge is 0.395 e. The summed E-state index contributed by atoms with van der Waals surface area (Å²) >= 11 is 0. The molecule has 0 saturated carbocycles. The van der Waals surface area contributed by atoms with Crippen LogP contribution in [-0.2, 0) is 0 Å². The Balaban J connectivity index is 1.96. The highest BCUT2D eigenvalue weighted by Gasteiger charge is 2.24. The molecule has 0 bridgehead atoms. The summed E-state index contributed by atoms with van der Waals surface area (Å²) in [7, 11) is 2.16. The Hall–Kier alpha value is -0.970. The molecular formula is C17H27FN2O. The summed E-state index contributed by atoms with van der Waals surface area (Å²) in [6.07, 6.45) is 2.32. The van der Waals surface area contributed by atoms with Crippen molar-refractivity contribution in [3.05, 3.63) is 35.6 Å². The maximum absolute atomic E-state index is 13.0. The number of rotatable bonds is 6. The van der Waals surface area contributed by atoms with Crippen molar-refractivity contribution in [2.45, 2.75) is 31.7 Å². The van der Waals surface area contributed by atoms with Gasteiger partial charge in [-0.05, 0) is 56.6 Å². The van der Waals surface area contributed by atoms with E-state index in [1.807, 2.05) is 12.1 Å². The number of aliphatic hydroxyl groups excluding tert-OH is 1. The van der Waals surface area contributed by atoms with Crippen LogP contribution < -0.4 is 0 Å². The molecule has 0 unspecified atom stereocenters. The van der Waals surface area contributed by atoms with E-state index in [-0.39, 0.29) is 12.4 Å². The molecule has 0 amide bonds. The second-order valence-corrected chi connectivity index (χ2v) is 6.21. The first kappa shape index (κ1) is 16.4. The average molecular weight is 294 g/mol. The summed E-state index contributed by atoms with van der Waals surface area (Å²) < 4.78 is 13.0. The van der Waals surface area contributed by atoms with Crippen molar-refractivity contribution in [2.24, 2.45) is 0 Å². The molecule has 1 aliphatic rings. The van der Waals surface area contributed by atoms with Crippen molar-refractivity contribution in [3.8, 4) is 0 Å². The fourth-order valence-electron chi connectivity index (χ4n) is 3.16. The summed E-state index contributed by atoms with van der Waals surface area (Å²) in [5.41, 5.74) is 1.16. The maximum Gasteiger partial charge on any atom is 0.123 e. The number of halogens is 1. The summed E-state index contributed by atoms with van der Waals surface area (Å²) in [6, 6.07) is 7.34. The van der Waals surface area contributed by atoms with Gasteiger partial charge in [-0.1, -0.05) is 19.1 Å². The quantitative estimate of drug-likeness (QED) is 0.872. The molecule has 1 atom stereocenters. The van der Waals surface area contributed by atoms with Crippen LogP contribution >= 0.6 is 0 Å². The molecule has 21 heavy (non-hydrogen) atoms. The zero-order chi connectivity index (χ0) is 15.2. The first-order chi connectivity index (χ1) is 10.1. The van der Waals surface area contributed by atoms with E-state index in [2.05, 4.69) is 23.8 Å². The number of benzene rings is 1. The van der Waals surface area contributed by atoms with E-state index < -0.39 is 0 Å². The van der Waals surface area contributed by atoms with Gasteiger partial charge in [0.15, 0.2) is 0 Å². The Morgan fingerprint density at radius 2 is 1.90 bits per heavy atom. The zero-order valence-electron chi connectivity index (χ0n) is 13.1. The number of likely N-dealkylation sites (tertiary alicyclic amines) is 1. The Morgan fingerprint density at radius 3 is 2.48 bits per heavy atom. The lowest BCUT2D eigenvalue weighted by Gasteiger charge is -2.38. The molecular weight excluding hydrogens is 267 g/mol. The predicted octanol–water partition coefficient (Wildman–Crippen LogP) is 2.32. The van der Waals surface area contributed by atoms with E-state index >= 15 is 0 Å². The van der Waals surface area contributed by atoms with Gasteiger partial charge in [-0.25, -0.2) is 4.39 Å². The number of piperidine rings is 1. The van der Waals surface area contributed by atoms with Crippen LogP contribution in [0, 0.1) is 5.82 Å². The molecule has 0 spiro atoms. The van der Waals surface area contributed by atoms with Crippen LogP contribution in [0.3, 0.4) is 0 Å². The average Bonchev–Trinajstić information content (AvgIpc) is 2.48. The molecule has 1 aliphatic heterocycles. The predicted molar refractivity (Wildman–Crippen MR) is 84.0 cm³/mol. The molecule has 3 nitrogen and oxygen atoms in total. The van der Waals surface area contributed by atoms with E-state index in [1.54, 1.807) is 0 Å². The smallest absolute Gasteiger partial charge is 0.123 e. The monoisotopic (exact) mass is 294 g/mol. The van der Waals surface area contributed by atoms with Crippen molar-refractivity contribution in [1.29, 1.82) is 0 Å². The Labute approximate surface area is 127 Å². The summed E-state index contributed by atoms with van der Waals surface area (Å²) in [6.45, 7) is 6.25. The van der Waals surface area contributed by atoms with Gasteiger partial charge in [0, 0.05) is 19.1 Å². The van der Waals surface area contributed by atoms with Gasteiger partial charge in [0.1, 0.15) is 5.82 Å². The Kier molecular flexibility index (Phi) is 6.15. The van der Waals surface area contributed by atoms with E-state index in [0.717, 1.165) is 44.6 Å². The molecule has 0 aromatic heterocycles. The standard InChI is InChI=1S/C17H27FN2O/c1-14(15-3-5-16(18)6-4-15)13-20(11-12-21)17-7-9-19(2)10-8-17/h3-6,14,17,21H,7-13H2,1-2H3/t14-/m0/s1. The fraction of sp³-hybridized carbons (Fsp3) is 0.647. The van der Waals surface area contributed by atoms with Gasteiger partial charge >= 0.3 is 0 Å². The lowest BCUT2D eigenvalue weighted by Crippen LogP contribution is -2.46. The number of aliphatic hydroxyl groups is 1. The molecule has 1 fully saturated rings. The molecule has 1 N–H and O–H groups in total. The minimum Gasteiger partial charge on any atom is -0.395 e. The molecule has 1 aromatic carbocycles. The Bertz CT molecular complexity index is 415. The van der Waals surface area contributed by atoms with Crippen molar-refractivity contribution >= 4 is 0 Å². The van der Waals surface area contributed by atoms with E-state index in [1.165, 1.54) is 12.1 Å². The number of nitrogens with zero attached hydrogens (tertiary/aromatic N) is 2. The molecule has 0 aliphatic carbocycles. The molecule has 4 heteroatoms. The van der Waals surface area contributed by atoms with Crippen molar-refractivity contribution in [3.63, 3.8) is 0 Å². The summed E-state index contributed by atoms with van der Waals surface area (Å²) in [5, 5.41) is 9.34. The topological polar surface area (TPSA) is 26.7 Å². The number of hydrogen-bond donors (Lipinski definition) is 1. The summed E-state index contributed by atoms with van der Waals surface area (Å²) in [4.78, 5) is 4.76. The normalized spacial score (nSPS) is 19.1. The molecule has 1 heterocycles. The first-order valence-corrected chi connectivity index (χ1v) is 7.89.